The fraction of sp³-hybridized carbons (Fsp3) is 0.367. The molecule has 1 saturated heterocycles. The van der Waals surface area contributed by atoms with Crippen LogP contribution in [0.2, 0.25) is 0 Å². The van der Waals surface area contributed by atoms with E-state index in [9.17, 15) is 9.18 Å². The zero-order chi connectivity index (χ0) is 25.9. The average Bonchev–Trinajstić information content (AvgIpc) is 3.63. The largest absolute Gasteiger partial charge is 0.453 e. The van der Waals surface area contributed by atoms with E-state index in [1.807, 2.05) is 18.3 Å². The van der Waals surface area contributed by atoms with Gasteiger partial charge in [0.05, 0.1) is 34.0 Å². The molecule has 196 valence electrons. The summed E-state index contributed by atoms with van der Waals surface area (Å²) >= 11 is 1.53. The van der Waals surface area contributed by atoms with Crippen molar-refractivity contribution in [2.75, 3.05) is 32.8 Å². The summed E-state index contributed by atoms with van der Waals surface area (Å²) < 4.78 is 27.1. The van der Waals surface area contributed by atoms with Gasteiger partial charge in [-0.2, -0.15) is 0 Å². The predicted molar refractivity (Wildman–Crippen MR) is 146 cm³/mol. The van der Waals surface area contributed by atoms with Crippen molar-refractivity contribution < 1.29 is 18.7 Å². The van der Waals surface area contributed by atoms with E-state index in [2.05, 4.69) is 16.0 Å². The third-order valence-electron chi connectivity index (χ3n) is 7.10. The van der Waals surface area contributed by atoms with E-state index >= 15 is 0 Å². The van der Waals surface area contributed by atoms with E-state index in [1.54, 1.807) is 24.4 Å². The summed E-state index contributed by atoms with van der Waals surface area (Å²) in [6.07, 6.45) is 7.69. The second-order valence-corrected chi connectivity index (χ2v) is 11.2. The van der Waals surface area contributed by atoms with E-state index in [0.29, 0.717) is 23.7 Å². The second kappa shape index (κ2) is 11.3. The molecule has 8 heteroatoms. The van der Waals surface area contributed by atoms with Crippen molar-refractivity contribution >= 4 is 27.3 Å². The van der Waals surface area contributed by atoms with Crippen molar-refractivity contribution in [3.8, 4) is 22.1 Å². The summed E-state index contributed by atoms with van der Waals surface area (Å²) in [4.78, 5) is 24.7. The highest BCUT2D eigenvalue weighted by Crippen LogP contribution is 2.39. The number of carbonyl (C=O) groups is 1. The van der Waals surface area contributed by atoms with E-state index < -0.39 is 5.82 Å². The molecule has 38 heavy (non-hydrogen) atoms. The second-order valence-electron chi connectivity index (χ2n) is 10.1. The minimum Gasteiger partial charge on any atom is -0.453 e. The van der Waals surface area contributed by atoms with Gasteiger partial charge in [-0.1, -0.05) is 12.1 Å². The number of thiophene rings is 1. The van der Waals surface area contributed by atoms with E-state index in [4.69, 9.17) is 14.5 Å². The minimum absolute atomic E-state index is 0.133. The van der Waals surface area contributed by atoms with E-state index in [1.165, 1.54) is 23.0 Å². The van der Waals surface area contributed by atoms with Gasteiger partial charge in [-0.25, -0.2) is 4.39 Å². The van der Waals surface area contributed by atoms with Crippen molar-refractivity contribution in [3.05, 3.63) is 71.8 Å². The van der Waals surface area contributed by atoms with Crippen LogP contribution in [0.5, 0.6) is 11.5 Å². The van der Waals surface area contributed by atoms with Crippen molar-refractivity contribution in [3.63, 3.8) is 0 Å². The quantitative estimate of drug-likeness (QED) is 0.247. The van der Waals surface area contributed by atoms with Gasteiger partial charge in [0.25, 0.3) is 0 Å². The molecule has 1 aliphatic carbocycles. The molecular weight excluding hydrogens is 501 g/mol. The van der Waals surface area contributed by atoms with E-state index in [-0.39, 0.29) is 18.0 Å². The number of ether oxygens (including phenoxy) is 2. The number of pyridine rings is 2. The number of hydrogen-bond donors (Lipinski definition) is 0. The van der Waals surface area contributed by atoms with Crippen LogP contribution >= 0.6 is 11.3 Å². The summed E-state index contributed by atoms with van der Waals surface area (Å²) in [7, 11) is 0. The lowest BCUT2D eigenvalue weighted by molar-refractivity contribution is -0.118. The molecule has 2 aliphatic rings. The molecule has 3 aromatic heterocycles. The number of halogens is 1. The van der Waals surface area contributed by atoms with Gasteiger partial charge in [0.1, 0.15) is 11.5 Å². The number of morpholine rings is 1. The number of fused-ring (bicyclic) bond motifs is 1. The Morgan fingerprint density at radius 1 is 1.05 bits per heavy atom. The smallest absolute Gasteiger partial charge is 0.166 e. The molecule has 0 atom stereocenters. The Bertz CT molecular complexity index is 1430. The van der Waals surface area contributed by atoms with Gasteiger partial charge < -0.3 is 9.47 Å². The maximum Gasteiger partial charge on any atom is 0.166 e. The van der Waals surface area contributed by atoms with Crippen LogP contribution < -0.4 is 4.74 Å². The third kappa shape index (κ3) is 6.09. The number of benzene rings is 1. The van der Waals surface area contributed by atoms with Gasteiger partial charge in [-0.05, 0) is 60.6 Å². The van der Waals surface area contributed by atoms with Gasteiger partial charge in [0.2, 0.25) is 0 Å². The van der Waals surface area contributed by atoms with Crippen molar-refractivity contribution in [2.24, 2.45) is 5.92 Å². The zero-order valence-corrected chi connectivity index (χ0v) is 22.0. The number of nitrogens with zero attached hydrogens (tertiary/aromatic N) is 3. The molecule has 0 unspecified atom stereocenters. The molecule has 2 fully saturated rings. The van der Waals surface area contributed by atoms with Crippen LogP contribution in [0.25, 0.3) is 20.8 Å². The molecule has 1 aromatic carbocycles. The van der Waals surface area contributed by atoms with Crippen LogP contribution in [0.1, 0.15) is 30.4 Å². The Morgan fingerprint density at radius 3 is 2.66 bits per heavy atom. The molecule has 0 bridgehead atoms. The molecule has 0 N–H and O–H groups in total. The Labute approximate surface area is 225 Å². The maximum absolute atomic E-state index is 14.9. The maximum atomic E-state index is 14.9. The lowest BCUT2D eigenvalue weighted by Crippen LogP contribution is -2.37. The average molecular weight is 532 g/mol. The highest BCUT2D eigenvalue weighted by molar-refractivity contribution is 7.22. The standard InChI is InChI=1S/C30H30FN3O3S/c31-24-17-22(16-23(35)15-20-1-2-20)4-6-27(24)37-28-7-9-32-26-18-29(38-30(26)28)25-5-3-21(19-33-25)8-10-34-11-13-36-14-12-34/h3-7,9,17-20H,1-2,8,10-16H2. The first-order chi connectivity index (χ1) is 18.6. The Hall–Kier alpha value is -3.20. The lowest BCUT2D eigenvalue weighted by Gasteiger charge is -2.26. The first kappa shape index (κ1) is 25.1. The Morgan fingerprint density at radius 2 is 1.89 bits per heavy atom. The highest BCUT2D eigenvalue weighted by atomic mass is 32.1. The predicted octanol–water partition coefficient (Wildman–Crippen LogP) is 6.08. The summed E-state index contributed by atoms with van der Waals surface area (Å²) in [5.74, 6) is 0.908. The first-order valence-electron chi connectivity index (χ1n) is 13.2. The number of ketones is 1. The van der Waals surface area contributed by atoms with Crippen LogP contribution in [0.15, 0.2) is 54.9 Å². The fourth-order valence-corrected chi connectivity index (χ4v) is 5.79. The van der Waals surface area contributed by atoms with Crippen LogP contribution in [0.4, 0.5) is 4.39 Å². The summed E-state index contributed by atoms with van der Waals surface area (Å²) in [5, 5.41) is 0. The molecule has 6 rings (SSSR count). The lowest BCUT2D eigenvalue weighted by atomic mass is 10.0. The van der Waals surface area contributed by atoms with Crippen LogP contribution in [0, 0.1) is 11.7 Å². The SMILES string of the molecule is O=C(Cc1ccc(Oc2ccnc3cc(-c4ccc(CCN5CCOCC5)cn4)sc23)c(F)c1)CC1CC1. The monoisotopic (exact) mass is 531 g/mol. The topological polar surface area (TPSA) is 64.5 Å². The van der Waals surface area contributed by atoms with Gasteiger partial charge in [-0.15, -0.1) is 11.3 Å². The highest BCUT2D eigenvalue weighted by Gasteiger charge is 2.24. The first-order valence-corrected chi connectivity index (χ1v) is 14.0. The van der Waals surface area contributed by atoms with Crippen molar-refractivity contribution in [1.29, 1.82) is 0 Å². The molecule has 4 aromatic rings. The fourth-order valence-electron chi connectivity index (χ4n) is 4.75. The van der Waals surface area contributed by atoms with Gasteiger partial charge in [-0.3, -0.25) is 19.7 Å². The molecule has 4 heterocycles. The van der Waals surface area contributed by atoms with Crippen molar-refractivity contribution in [2.45, 2.75) is 32.1 Å². The van der Waals surface area contributed by atoms with Gasteiger partial charge >= 0.3 is 0 Å². The van der Waals surface area contributed by atoms with Crippen LogP contribution in [-0.2, 0) is 22.4 Å². The number of carbonyl (C=O) groups excluding carboxylic acids is 1. The van der Waals surface area contributed by atoms with Gasteiger partial charge in [0, 0.05) is 50.9 Å². The molecule has 0 radical (unpaired) electrons. The number of Topliss-reactive ketones (excluding diaryl/α,β-unsaturated/α-hetero) is 1. The van der Waals surface area contributed by atoms with Crippen molar-refractivity contribution in [1.82, 2.24) is 14.9 Å². The molecule has 0 spiro atoms. The summed E-state index contributed by atoms with van der Waals surface area (Å²) in [6.45, 7) is 4.59. The number of rotatable bonds is 10. The normalized spacial score (nSPS) is 16.1. The summed E-state index contributed by atoms with van der Waals surface area (Å²) in [6, 6.07) is 12.7. The molecule has 6 nitrogen and oxygen atoms in total. The molecule has 1 aliphatic heterocycles. The molecule has 0 amide bonds. The zero-order valence-electron chi connectivity index (χ0n) is 21.2. The van der Waals surface area contributed by atoms with Crippen LogP contribution in [0.3, 0.4) is 0 Å². The van der Waals surface area contributed by atoms with Crippen LogP contribution in [-0.4, -0.2) is 53.5 Å². The van der Waals surface area contributed by atoms with Gasteiger partial charge in [0.15, 0.2) is 11.6 Å². The third-order valence-corrected chi connectivity index (χ3v) is 8.27. The minimum atomic E-state index is -0.474. The summed E-state index contributed by atoms with van der Waals surface area (Å²) in [5.41, 5.74) is 3.54. The Balaban J connectivity index is 1.14. The molecular formula is C30H30FN3O3S. The Kier molecular flexibility index (Phi) is 7.44. The number of hydrogen-bond acceptors (Lipinski definition) is 7. The number of aromatic nitrogens is 2. The molecule has 1 saturated carbocycles. The van der Waals surface area contributed by atoms with E-state index in [0.717, 1.165) is 72.9 Å².